The van der Waals surface area contributed by atoms with Gasteiger partial charge in [0.1, 0.15) is 35.6 Å². The summed E-state index contributed by atoms with van der Waals surface area (Å²) in [6.45, 7) is 2.99. The fraction of sp³-hybridized carbons (Fsp3) is 0.435. The summed E-state index contributed by atoms with van der Waals surface area (Å²) in [4.78, 5) is 13.7. The highest BCUT2D eigenvalue weighted by Crippen LogP contribution is 2.35. The predicted molar refractivity (Wildman–Crippen MR) is 118 cm³/mol. The van der Waals surface area contributed by atoms with Crippen molar-refractivity contribution in [3.05, 3.63) is 47.5 Å². The van der Waals surface area contributed by atoms with Crippen LogP contribution in [0.2, 0.25) is 5.02 Å². The van der Waals surface area contributed by atoms with Crippen molar-refractivity contribution in [2.24, 2.45) is 0 Å². The zero-order valence-corrected chi connectivity index (χ0v) is 18.1. The van der Waals surface area contributed by atoms with Gasteiger partial charge in [0.05, 0.1) is 5.69 Å². The first-order valence-electron chi connectivity index (χ1n) is 10.5. The second-order valence-corrected chi connectivity index (χ2v) is 8.57. The van der Waals surface area contributed by atoms with E-state index in [1.807, 2.05) is 24.3 Å². The van der Waals surface area contributed by atoms with Crippen molar-refractivity contribution in [1.82, 2.24) is 4.90 Å². The summed E-state index contributed by atoms with van der Waals surface area (Å²) in [5.74, 6) is 0.947. The second kappa shape index (κ2) is 9.34. The Hall–Kier alpha value is -2.48. The Morgan fingerprint density at radius 3 is 2.65 bits per heavy atom. The zero-order chi connectivity index (χ0) is 22.0. The Kier molecular flexibility index (Phi) is 6.55. The molecule has 0 radical (unpaired) electrons. The highest BCUT2D eigenvalue weighted by Gasteiger charge is 2.42. The van der Waals surface area contributed by atoms with Crippen LogP contribution in [-0.4, -0.2) is 58.5 Å². The lowest BCUT2D eigenvalue weighted by molar-refractivity contribution is -0.114. The molecule has 3 N–H and O–H groups in total. The third-order valence-corrected chi connectivity index (χ3v) is 6.09. The van der Waals surface area contributed by atoms with Crippen LogP contribution in [-0.2, 0) is 4.79 Å². The van der Waals surface area contributed by atoms with E-state index in [1.165, 1.54) is 19.1 Å². The molecule has 0 aromatic heterocycles. The standard InChI is InChI=1S/C23H27ClN2O5/c1-14(27)25-19-7-4-16(28)12-22(19)31-21-9-8-20(23(21)29)26-11-10-18(13-26)30-17-5-2-15(24)3-6-17/h2-7,12,18,20-21,23,28-29H,8-11,13H2,1H3,(H,25,27)/t18-,20-,21-,23+/m0/s1. The van der Waals surface area contributed by atoms with Crippen LogP contribution in [0.1, 0.15) is 26.2 Å². The Balaban J connectivity index is 1.36. The quantitative estimate of drug-likeness (QED) is 0.589. The SMILES string of the molecule is CC(=O)Nc1ccc(O)cc1O[C@H]1CC[C@H](N2CC[C@H](Oc3ccc(Cl)cc3)C2)[C@H]1O. The molecular formula is C23H27ClN2O5. The minimum absolute atomic E-state index is 0.0228. The first-order chi connectivity index (χ1) is 14.9. The summed E-state index contributed by atoms with van der Waals surface area (Å²) in [5, 5.41) is 24.1. The Labute approximate surface area is 186 Å². The lowest BCUT2D eigenvalue weighted by Crippen LogP contribution is -2.44. The molecule has 166 valence electrons. The lowest BCUT2D eigenvalue weighted by atomic mass is 10.1. The number of ether oxygens (including phenoxy) is 2. The van der Waals surface area contributed by atoms with Crippen LogP contribution in [0.5, 0.6) is 17.2 Å². The van der Waals surface area contributed by atoms with Gasteiger partial charge in [-0.25, -0.2) is 0 Å². The van der Waals surface area contributed by atoms with Gasteiger partial charge in [0.2, 0.25) is 5.91 Å². The number of hydrogen-bond donors (Lipinski definition) is 3. The first kappa shape index (κ1) is 21.7. The third kappa shape index (κ3) is 5.23. The van der Waals surface area contributed by atoms with Gasteiger partial charge in [-0.2, -0.15) is 0 Å². The molecule has 1 saturated carbocycles. The molecule has 2 fully saturated rings. The van der Waals surface area contributed by atoms with Gasteiger partial charge >= 0.3 is 0 Å². The number of nitrogens with zero attached hydrogens (tertiary/aromatic N) is 1. The van der Waals surface area contributed by atoms with E-state index in [-0.39, 0.29) is 23.8 Å². The second-order valence-electron chi connectivity index (χ2n) is 8.13. The van der Waals surface area contributed by atoms with E-state index in [9.17, 15) is 15.0 Å². The summed E-state index contributed by atoms with van der Waals surface area (Å²) >= 11 is 5.93. The van der Waals surface area contributed by atoms with Crippen molar-refractivity contribution in [2.75, 3.05) is 18.4 Å². The molecule has 2 aromatic carbocycles. The number of phenols is 1. The maximum Gasteiger partial charge on any atom is 0.221 e. The van der Waals surface area contributed by atoms with Gasteiger partial charge in [0.25, 0.3) is 0 Å². The average Bonchev–Trinajstić information content (AvgIpc) is 3.32. The van der Waals surface area contributed by atoms with E-state index in [0.717, 1.165) is 31.7 Å². The van der Waals surface area contributed by atoms with Crippen molar-refractivity contribution in [3.8, 4) is 17.2 Å². The van der Waals surface area contributed by atoms with Gasteiger partial charge < -0.3 is 25.0 Å². The summed E-state index contributed by atoms with van der Waals surface area (Å²) in [6, 6.07) is 11.8. The molecule has 4 atom stereocenters. The van der Waals surface area contributed by atoms with Crippen molar-refractivity contribution >= 4 is 23.2 Å². The first-order valence-corrected chi connectivity index (χ1v) is 10.9. The fourth-order valence-corrected chi connectivity index (χ4v) is 4.50. The Morgan fingerprint density at radius 1 is 1.13 bits per heavy atom. The molecular weight excluding hydrogens is 420 g/mol. The Bertz CT molecular complexity index is 923. The number of rotatable bonds is 6. The summed E-state index contributed by atoms with van der Waals surface area (Å²) in [6.07, 6.45) is 1.33. The summed E-state index contributed by atoms with van der Waals surface area (Å²) < 4.78 is 12.1. The number of phenolic OH excluding ortho intramolecular Hbond substituents is 1. The maximum absolute atomic E-state index is 11.5. The topological polar surface area (TPSA) is 91.3 Å². The van der Waals surface area contributed by atoms with E-state index in [1.54, 1.807) is 6.07 Å². The van der Waals surface area contributed by atoms with Crippen LogP contribution in [0.25, 0.3) is 0 Å². The van der Waals surface area contributed by atoms with E-state index in [2.05, 4.69) is 10.2 Å². The molecule has 1 aliphatic carbocycles. The number of aliphatic hydroxyl groups is 1. The smallest absolute Gasteiger partial charge is 0.221 e. The van der Waals surface area contributed by atoms with E-state index < -0.39 is 12.2 Å². The van der Waals surface area contributed by atoms with Crippen LogP contribution in [0.15, 0.2) is 42.5 Å². The van der Waals surface area contributed by atoms with Gasteiger partial charge in [0, 0.05) is 37.1 Å². The summed E-state index contributed by atoms with van der Waals surface area (Å²) in [7, 11) is 0. The van der Waals surface area contributed by atoms with Gasteiger partial charge in [0.15, 0.2) is 0 Å². The van der Waals surface area contributed by atoms with Crippen LogP contribution < -0.4 is 14.8 Å². The molecule has 7 nitrogen and oxygen atoms in total. The number of aliphatic hydroxyl groups excluding tert-OH is 1. The monoisotopic (exact) mass is 446 g/mol. The molecule has 0 spiro atoms. The highest BCUT2D eigenvalue weighted by molar-refractivity contribution is 6.30. The fourth-order valence-electron chi connectivity index (χ4n) is 4.37. The van der Waals surface area contributed by atoms with Crippen molar-refractivity contribution in [1.29, 1.82) is 0 Å². The molecule has 2 aliphatic rings. The molecule has 31 heavy (non-hydrogen) atoms. The Morgan fingerprint density at radius 2 is 1.90 bits per heavy atom. The molecule has 0 unspecified atom stereocenters. The van der Waals surface area contributed by atoms with Crippen molar-refractivity contribution < 1.29 is 24.5 Å². The number of carbonyl (C=O) groups excluding carboxylic acids is 1. The van der Waals surface area contributed by atoms with E-state index >= 15 is 0 Å². The molecule has 1 amide bonds. The van der Waals surface area contributed by atoms with Gasteiger partial charge in [-0.3, -0.25) is 9.69 Å². The van der Waals surface area contributed by atoms with E-state index in [4.69, 9.17) is 21.1 Å². The highest BCUT2D eigenvalue weighted by atomic mass is 35.5. The van der Waals surface area contributed by atoms with Crippen molar-refractivity contribution in [2.45, 2.75) is 50.5 Å². The minimum Gasteiger partial charge on any atom is -0.508 e. The van der Waals surface area contributed by atoms with E-state index in [0.29, 0.717) is 22.9 Å². The normalized spacial score (nSPS) is 26.0. The van der Waals surface area contributed by atoms with Gasteiger partial charge in [-0.1, -0.05) is 11.6 Å². The molecule has 4 rings (SSSR count). The van der Waals surface area contributed by atoms with Crippen LogP contribution in [0, 0.1) is 0 Å². The number of likely N-dealkylation sites (tertiary alicyclic amines) is 1. The third-order valence-electron chi connectivity index (χ3n) is 5.84. The largest absolute Gasteiger partial charge is 0.508 e. The maximum atomic E-state index is 11.5. The number of nitrogens with one attached hydrogen (secondary N) is 1. The summed E-state index contributed by atoms with van der Waals surface area (Å²) in [5.41, 5.74) is 0.471. The number of aromatic hydroxyl groups is 1. The lowest BCUT2D eigenvalue weighted by Gasteiger charge is -2.28. The molecule has 1 saturated heterocycles. The minimum atomic E-state index is -0.679. The molecule has 2 aromatic rings. The van der Waals surface area contributed by atoms with Crippen LogP contribution in [0.4, 0.5) is 5.69 Å². The number of anilines is 1. The van der Waals surface area contributed by atoms with Gasteiger partial charge in [-0.05, 0) is 55.7 Å². The average molecular weight is 447 g/mol. The van der Waals surface area contributed by atoms with Gasteiger partial charge in [-0.15, -0.1) is 0 Å². The molecule has 1 aliphatic heterocycles. The molecule has 1 heterocycles. The predicted octanol–water partition coefficient (Wildman–Crippen LogP) is 3.43. The molecule has 8 heteroatoms. The van der Waals surface area contributed by atoms with Crippen LogP contribution >= 0.6 is 11.6 Å². The molecule has 0 bridgehead atoms. The number of benzene rings is 2. The number of hydrogen-bond acceptors (Lipinski definition) is 6. The van der Waals surface area contributed by atoms with Crippen LogP contribution in [0.3, 0.4) is 0 Å². The number of halogens is 1. The number of amides is 1. The number of carbonyl (C=O) groups is 1. The van der Waals surface area contributed by atoms with Crippen molar-refractivity contribution in [3.63, 3.8) is 0 Å². The zero-order valence-electron chi connectivity index (χ0n) is 17.3.